The van der Waals surface area contributed by atoms with E-state index in [1.54, 1.807) is 86.6 Å². The molecule has 0 unspecified atom stereocenters. The van der Waals surface area contributed by atoms with E-state index in [-0.39, 0.29) is 49.9 Å². The summed E-state index contributed by atoms with van der Waals surface area (Å²) in [6, 6.07) is 54.5. The lowest BCUT2D eigenvalue weighted by Gasteiger charge is -2.25. The summed E-state index contributed by atoms with van der Waals surface area (Å²) in [4.78, 5) is 119. The number of aryl methyl sites for hydroxylation is 4. The molecule has 120 heavy (non-hydrogen) atoms. The number of rotatable bonds is 34. The van der Waals surface area contributed by atoms with Crippen molar-refractivity contribution >= 4 is 59.7 Å². The number of methoxy groups -OCH3 is 2. The minimum absolute atomic E-state index is 0. The maximum absolute atomic E-state index is 12.7. The van der Waals surface area contributed by atoms with Crippen LogP contribution in [0.25, 0.3) is 0 Å². The summed E-state index contributed by atoms with van der Waals surface area (Å²) in [7, 11) is 3.06. The van der Waals surface area contributed by atoms with E-state index < -0.39 is 47.8 Å². The number of ether oxygens (including phenoxy) is 12. The highest BCUT2D eigenvalue weighted by atomic mass is 16.6. The van der Waals surface area contributed by atoms with Gasteiger partial charge >= 0.3 is 59.7 Å². The van der Waals surface area contributed by atoms with Crippen LogP contribution in [0.1, 0.15) is 202 Å². The molecule has 0 radical (unpaired) electrons. The van der Waals surface area contributed by atoms with Crippen LogP contribution < -0.4 is 47.4 Å². The van der Waals surface area contributed by atoms with Gasteiger partial charge in [0.2, 0.25) is 0 Å². The zero-order valence-corrected chi connectivity index (χ0v) is 69.6. The normalized spacial score (nSPS) is 12.0. The van der Waals surface area contributed by atoms with Crippen LogP contribution in [0, 0.1) is 47.4 Å². The van der Waals surface area contributed by atoms with Gasteiger partial charge in [0, 0.05) is 36.9 Å². The van der Waals surface area contributed by atoms with Crippen LogP contribution in [-0.2, 0) is 73.5 Å². The smallest absolute Gasteiger partial charge is 0.390 e. The molecule has 0 aromatic heterocycles. The van der Waals surface area contributed by atoms with Crippen LogP contribution in [0.3, 0.4) is 0 Å². The third kappa shape index (κ3) is 38.2. The van der Waals surface area contributed by atoms with Crippen molar-refractivity contribution < 1.29 is 106 Å². The Hall–Kier alpha value is -13.3. The van der Waals surface area contributed by atoms with E-state index >= 15 is 0 Å². The quantitative estimate of drug-likeness (QED) is 0.0119. The van der Waals surface area contributed by atoms with Crippen molar-refractivity contribution in [3.63, 3.8) is 0 Å². The van der Waals surface area contributed by atoms with Gasteiger partial charge in [0.1, 0.15) is 57.5 Å². The third-order valence-electron chi connectivity index (χ3n) is 18.2. The minimum atomic E-state index is -0.978. The molecule has 8 aromatic carbocycles. The van der Waals surface area contributed by atoms with Crippen molar-refractivity contribution in [3.8, 4) is 93.0 Å². The first-order valence-electron chi connectivity index (χ1n) is 40.7. The average molecular weight is 1640 g/mol. The van der Waals surface area contributed by atoms with Crippen LogP contribution in [-0.4, -0.2) is 87.1 Å². The number of hydrogen-bond donors (Lipinski definition) is 0. The molecule has 1 aliphatic rings. The van der Waals surface area contributed by atoms with Gasteiger partial charge in [-0.15, -0.1) is 0 Å². The largest absolute Gasteiger partial charge is 0.497 e. The fraction of sp³-hybridized carbons (Fsp3) is 0.347. The fourth-order valence-corrected chi connectivity index (χ4v) is 11.6. The predicted molar refractivity (Wildman–Crippen MR) is 455 cm³/mol. The monoisotopic (exact) mass is 1640 g/mol. The van der Waals surface area contributed by atoms with Gasteiger partial charge in [-0.1, -0.05) is 140 Å². The Kier molecular flexibility index (Phi) is 44.1. The van der Waals surface area contributed by atoms with Crippen molar-refractivity contribution in [2.75, 3.05) is 27.4 Å². The first-order valence-corrected chi connectivity index (χ1v) is 40.7. The van der Waals surface area contributed by atoms with E-state index in [0.717, 1.165) is 51.4 Å². The summed E-state index contributed by atoms with van der Waals surface area (Å²) in [6.07, 6.45) is 24.0. The van der Waals surface area contributed by atoms with Gasteiger partial charge in [-0.25, -0.2) is 38.4 Å². The maximum Gasteiger partial charge on any atom is 0.390 e. The SMILES string of the molecule is CCCCCCCc1ccc(OC(=O)C2CCC(C(=O)Oc3ccc(CCCCCCC)cc3)CC2)cc1.CCCCc1ccc(OC(=O)C#CC(=O)Oc2ccc(CCCC)cc2)cc1.CCOC(=O)c1ccc(OC(=O)C#CC(=O)Oc2ccc(C(=O)OCC)cc2)cc1.COc1ccc(OC(=O)C#CC(=O)Oc2ccc(OC)cc2)cc1.[HH]. The van der Waals surface area contributed by atoms with E-state index in [4.69, 9.17) is 56.8 Å². The molecule has 9 rings (SSSR count). The summed E-state index contributed by atoms with van der Waals surface area (Å²) in [6.45, 7) is 12.6. The molecule has 0 aliphatic heterocycles. The minimum Gasteiger partial charge on any atom is -0.497 e. The van der Waals surface area contributed by atoms with Gasteiger partial charge in [-0.3, -0.25) is 9.59 Å². The number of carbonyl (C=O) groups is 10. The summed E-state index contributed by atoms with van der Waals surface area (Å²) in [5.41, 5.74) is 5.57. The first kappa shape index (κ1) is 95.6. The zero-order chi connectivity index (χ0) is 86.5. The fourth-order valence-electron chi connectivity index (χ4n) is 11.6. The lowest BCUT2D eigenvalue weighted by molar-refractivity contribution is -0.145. The predicted octanol–water partition coefficient (Wildman–Crippen LogP) is 18.9. The molecule has 22 heteroatoms. The molecule has 8 aromatic rings. The summed E-state index contributed by atoms with van der Waals surface area (Å²) in [5.74, 6) is 9.61. The van der Waals surface area contributed by atoms with Gasteiger partial charge in [-0.2, -0.15) is 0 Å². The number of hydrogen-bond acceptors (Lipinski definition) is 22. The molecule has 0 amide bonds. The lowest BCUT2D eigenvalue weighted by atomic mass is 9.82. The number of carbonyl (C=O) groups excluding carboxylic acids is 10. The van der Waals surface area contributed by atoms with Gasteiger partial charge < -0.3 is 56.8 Å². The van der Waals surface area contributed by atoms with Gasteiger partial charge in [-0.05, 0) is 259 Å². The van der Waals surface area contributed by atoms with Gasteiger partial charge in [0.25, 0.3) is 0 Å². The standard InChI is InChI=1S/C34H48O4.C24H26O4.C22H18O8.C18H14O6.H2/c1-3-5-7-9-11-13-27-15-23-31(24-16-27)37-33(35)29-19-21-30(22-20-29)34(36)38-32-25-17-28(18-26-32)14-12-10-8-6-4-2;1-3-5-7-19-9-13-21(14-10-19)27-23(25)17-18-24(26)28-22-15-11-20(12-16-22)8-6-4-2;1-3-27-21(25)15-5-9-17(10-6-15)29-19(23)13-14-20(24)30-18-11-7-16(8-12-18)22(26)28-4-2;1-21-13-3-7-15(8-4-13)23-17(19)11-12-18(20)24-16-9-5-14(22-2)6-10-16;/h15-18,23-26,29-30H,3-14,19-22H2,1-2H3;9-16H,3-8H2,1-2H3;5-12H,3-4H2,1-2H3;3-10H,1-2H3;1H. The van der Waals surface area contributed by atoms with Crippen molar-refractivity contribution in [2.24, 2.45) is 11.8 Å². The van der Waals surface area contributed by atoms with Gasteiger partial charge in [0.15, 0.2) is 0 Å². The molecule has 0 heterocycles. The maximum atomic E-state index is 12.7. The molecule has 1 saturated carbocycles. The Labute approximate surface area is 705 Å². The molecular weight excluding hydrogens is 1530 g/mol. The second-order valence-corrected chi connectivity index (χ2v) is 27.4. The van der Waals surface area contributed by atoms with E-state index in [2.05, 4.69) is 75.6 Å². The molecule has 632 valence electrons. The molecular formula is C98H108O22. The van der Waals surface area contributed by atoms with Crippen molar-refractivity contribution in [3.05, 3.63) is 228 Å². The number of unbranched alkanes of at least 4 members (excludes halogenated alkanes) is 10. The second-order valence-electron chi connectivity index (χ2n) is 27.4. The van der Waals surface area contributed by atoms with Crippen molar-refractivity contribution in [1.29, 1.82) is 0 Å². The van der Waals surface area contributed by atoms with Crippen LogP contribution in [0.5, 0.6) is 57.5 Å². The Morgan fingerprint density at radius 1 is 0.258 bits per heavy atom. The van der Waals surface area contributed by atoms with E-state index in [0.29, 0.717) is 82.8 Å². The molecule has 0 spiro atoms. The topological polar surface area (TPSA) is 281 Å². The summed E-state index contributed by atoms with van der Waals surface area (Å²) in [5, 5.41) is 0. The lowest BCUT2D eigenvalue weighted by Crippen LogP contribution is -2.30. The van der Waals surface area contributed by atoms with Crippen LogP contribution in [0.15, 0.2) is 194 Å². The highest BCUT2D eigenvalue weighted by molar-refractivity contribution is 6.01. The highest BCUT2D eigenvalue weighted by Gasteiger charge is 2.32. The van der Waals surface area contributed by atoms with Crippen LogP contribution in [0.4, 0.5) is 0 Å². The van der Waals surface area contributed by atoms with E-state index in [1.807, 2.05) is 60.4 Å². The summed E-state index contributed by atoms with van der Waals surface area (Å²) >= 11 is 0. The van der Waals surface area contributed by atoms with E-state index in [1.165, 1.54) is 149 Å². The van der Waals surface area contributed by atoms with Crippen molar-refractivity contribution in [1.82, 2.24) is 0 Å². The Balaban J connectivity index is 0.000000290. The van der Waals surface area contributed by atoms with Crippen LogP contribution in [0.2, 0.25) is 0 Å². The first-order chi connectivity index (χ1) is 58.2. The van der Waals surface area contributed by atoms with Crippen LogP contribution >= 0.6 is 0 Å². The molecule has 1 aliphatic carbocycles. The van der Waals surface area contributed by atoms with Crippen molar-refractivity contribution in [2.45, 2.75) is 183 Å². The highest BCUT2D eigenvalue weighted by Crippen LogP contribution is 2.32. The molecule has 1 fully saturated rings. The second kappa shape index (κ2) is 55.4. The summed E-state index contributed by atoms with van der Waals surface area (Å²) < 4.78 is 61.0. The third-order valence-corrected chi connectivity index (χ3v) is 18.2. The molecule has 0 atom stereocenters. The average Bonchev–Trinajstić information content (AvgIpc) is 1.00. The Bertz CT molecular complexity index is 4430. The molecule has 0 saturated heterocycles. The molecule has 0 bridgehead atoms. The zero-order valence-electron chi connectivity index (χ0n) is 69.6. The Morgan fingerprint density at radius 3 is 0.683 bits per heavy atom. The molecule has 0 N–H and O–H groups in total. The van der Waals surface area contributed by atoms with Gasteiger partial charge in [0.05, 0.1) is 50.4 Å². The number of esters is 10. The number of benzene rings is 8. The van der Waals surface area contributed by atoms with E-state index in [9.17, 15) is 47.9 Å². The molecule has 22 nitrogen and oxygen atoms in total. The Morgan fingerprint density at radius 2 is 0.458 bits per heavy atom.